The van der Waals surface area contributed by atoms with Crippen molar-refractivity contribution in [2.45, 2.75) is 66.7 Å². The minimum absolute atomic E-state index is 0.0117. The molecular weight excluding hydrogens is 575 g/mol. The molecule has 0 aromatic heterocycles. The molecule has 1 saturated heterocycles. The van der Waals surface area contributed by atoms with Gasteiger partial charge in [0.1, 0.15) is 12.8 Å². The highest BCUT2D eigenvalue weighted by Gasteiger charge is 2.27. The first-order chi connectivity index (χ1) is 19.5. The Morgan fingerprint density at radius 2 is 1.57 bits per heavy atom. The molecule has 14 nitrogen and oxygen atoms in total. The first-order valence-electron chi connectivity index (χ1n) is 13.2. The fourth-order valence-electron chi connectivity index (χ4n) is 2.69. The van der Waals surface area contributed by atoms with Gasteiger partial charge in [-0.3, -0.25) is 24.5 Å². The molecule has 0 aromatic carbocycles. The third kappa shape index (κ3) is 30.5. The average Bonchev–Trinajstić information content (AvgIpc) is 3.34. The van der Waals surface area contributed by atoms with Crippen LogP contribution in [0.1, 0.15) is 54.4 Å². The molecule has 0 bridgehead atoms. The van der Waals surface area contributed by atoms with Crippen LogP contribution in [0.2, 0.25) is 0 Å². The monoisotopic (exact) mass is 627 g/mol. The SMILES string of the molecule is CC(C)(C)C[P+](=O)O.CN(/C=C\C(=O)NC=O)C1CCC(COCCOC(=O)C(C)(C)C)O1.COCCOC.O=CO. The molecule has 0 radical (unpaired) electrons. The van der Waals surface area contributed by atoms with Crippen LogP contribution in [0.5, 0.6) is 0 Å². The van der Waals surface area contributed by atoms with Crippen LogP contribution in [0.4, 0.5) is 0 Å². The van der Waals surface area contributed by atoms with Crippen molar-refractivity contribution in [1.82, 2.24) is 10.2 Å². The minimum Gasteiger partial charge on any atom is -0.483 e. The molecule has 1 fully saturated rings. The quantitative estimate of drug-likeness (QED) is 0.0890. The lowest BCUT2D eigenvalue weighted by Crippen LogP contribution is -2.29. The number of hydrogen-bond acceptors (Lipinski definition) is 11. The maximum atomic E-state index is 11.6. The summed E-state index contributed by atoms with van der Waals surface area (Å²) in [6.45, 7) is 13.3. The topological polar surface area (TPSA) is 187 Å². The number of imide groups is 1. The zero-order valence-corrected chi connectivity index (χ0v) is 27.4. The van der Waals surface area contributed by atoms with Crippen molar-refractivity contribution >= 4 is 32.8 Å². The number of carbonyl (C=O) groups excluding carboxylic acids is 3. The van der Waals surface area contributed by atoms with Crippen LogP contribution in [0, 0.1) is 10.8 Å². The lowest BCUT2D eigenvalue weighted by atomic mass is 9.97. The zero-order valence-electron chi connectivity index (χ0n) is 26.5. The van der Waals surface area contributed by atoms with Gasteiger partial charge in [0.25, 0.3) is 12.4 Å². The Hall–Kier alpha value is -2.48. The number of nitrogens with one attached hydrogen (secondary N) is 1. The summed E-state index contributed by atoms with van der Waals surface area (Å²) in [4.78, 5) is 51.5. The van der Waals surface area contributed by atoms with E-state index in [2.05, 4.69) is 9.47 Å². The molecule has 42 heavy (non-hydrogen) atoms. The van der Waals surface area contributed by atoms with Crippen molar-refractivity contribution in [1.29, 1.82) is 0 Å². The number of carbonyl (C=O) groups is 4. The Labute approximate surface area is 250 Å². The summed E-state index contributed by atoms with van der Waals surface area (Å²) in [5.41, 5.74) is -0.523. The number of methoxy groups -OCH3 is 2. The van der Waals surface area contributed by atoms with E-state index in [9.17, 15) is 18.9 Å². The minimum atomic E-state index is -1.94. The van der Waals surface area contributed by atoms with Crippen LogP contribution >= 0.6 is 8.03 Å². The lowest BCUT2D eigenvalue weighted by molar-refractivity contribution is -0.155. The molecule has 1 heterocycles. The average molecular weight is 628 g/mol. The van der Waals surface area contributed by atoms with E-state index in [4.69, 9.17) is 29.0 Å². The van der Waals surface area contributed by atoms with E-state index in [1.54, 1.807) is 53.1 Å². The van der Waals surface area contributed by atoms with E-state index in [0.29, 0.717) is 39.0 Å². The molecule has 3 atom stereocenters. The van der Waals surface area contributed by atoms with Crippen molar-refractivity contribution in [2.75, 3.05) is 60.5 Å². The summed E-state index contributed by atoms with van der Waals surface area (Å²) in [6.07, 6.45) is 5.03. The fraction of sp³-hybridized carbons (Fsp3) is 0.778. The van der Waals surface area contributed by atoms with Crippen LogP contribution < -0.4 is 5.32 Å². The van der Waals surface area contributed by atoms with Crippen molar-refractivity contribution in [3.05, 3.63) is 12.3 Å². The summed E-state index contributed by atoms with van der Waals surface area (Å²) in [7, 11) is 3.16. The molecule has 0 aliphatic carbocycles. The smallest absolute Gasteiger partial charge is 0.483 e. The molecule has 3 unspecified atom stereocenters. The number of amides is 2. The van der Waals surface area contributed by atoms with Crippen LogP contribution in [-0.2, 0) is 47.4 Å². The van der Waals surface area contributed by atoms with Crippen LogP contribution in [0.15, 0.2) is 12.3 Å². The van der Waals surface area contributed by atoms with Crippen molar-refractivity contribution in [3.8, 4) is 0 Å². The summed E-state index contributed by atoms with van der Waals surface area (Å²) in [5.74, 6) is -0.732. The van der Waals surface area contributed by atoms with Gasteiger partial charge in [0, 0.05) is 39.0 Å². The van der Waals surface area contributed by atoms with E-state index in [1.807, 2.05) is 26.1 Å². The largest absolute Gasteiger partial charge is 0.505 e. The van der Waals surface area contributed by atoms with Gasteiger partial charge in [-0.2, -0.15) is 4.89 Å². The van der Waals surface area contributed by atoms with E-state index in [-0.39, 0.29) is 36.8 Å². The Balaban J connectivity index is -0.000000728. The fourth-order valence-corrected chi connectivity index (χ4v) is 3.50. The number of carboxylic acid groups (broad SMARTS) is 1. The third-order valence-corrected chi connectivity index (χ3v) is 5.90. The highest BCUT2D eigenvalue weighted by Crippen LogP contribution is 2.26. The number of esters is 1. The van der Waals surface area contributed by atoms with Crippen molar-refractivity contribution in [3.63, 3.8) is 0 Å². The Morgan fingerprint density at radius 3 is 1.98 bits per heavy atom. The molecule has 0 aromatic rings. The third-order valence-electron chi connectivity index (χ3n) is 4.68. The summed E-state index contributed by atoms with van der Waals surface area (Å²) in [5, 5.41) is 8.92. The van der Waals surface area contributed by atoms with Gasteiger partial charge < -0.3 is 33.7 Å². The van der Waals surface area contributed by atoms with E-state index >= 15 is 0 Å². The second-order valence-electron chi connectivity index (χ2n) is 11.0. The van der Waals surface area contributed by atoms with Crippen LogP contribution in [0.3, 0.4) is 0 Å². The number of rotatable bonds is 13. The van der Waals surface area contributed by atoms with Gasteiger partial charge in [0.2, 0.25) is 6.41 Å². The molecule has 3 N–H and O–H groups in total. The molecule has 0 spiro atoms. The molecule has 1 rings (SSSR count). The van der Waals surface area contributed by atoms with Gasteiger partial charge in [-0.05, 0) is 38.2 Å². The summed E-state index contributed by atoms with van der Waals surface area (Å²) < 4.78 is 35.9. The Morgan fingerprint density at radius 1 is 1.02 bits per heavy atom. The van der Waals surface area contributed by atoms with E-state index < -0.39 is 19.4 Å². The maximum Gasteiger partial charge on any atom is 0.505 e. The molecule has 1 aliphatic rings. The zero-order chi connectivity index (χ0) is 33.2. The molecule has 15 heteroatoms. The summed E-state index contributed by atoms with van der Waals surface area (Å²) >= 11 is 0. The Kier molecular flexibility index (Phi) is 27.4. The highest BCUT2D eigenvalue weighted by molar-refractivity contribution is 7.38. The van der Waals surface area contributed by atoms with Crippen molar-refractivity contribution < 1.29 is 57.4 Å². The second kappa shape index (κ2) is 26.2. The molecular formula is C27H52N2O12P+. The predicted molar refractivity (Wildman–Crippen MR) is 157 cm³/mol. The van der Waals surface area contributed by atoms with E-state index in [1.165, 1.54) is 6.08 Å². The normalized spacial score (nSPS) is 16.4. The molecule has 246 valence electrons. The number of hydrogen-bond donors (Lipinski definition) is 3. The van der Waals surface area contributed by atoms with Gasteiger partial charge in [0.05, 0.1) is 37.9 Å². The summed E-state index contributed by atoms with van der Waals surface area (Å²) in [6, 6.07) is 0. The van der Waals surface area contributed by atoms with Gasteiger partial charge >= 0.3 is 14.0 Å². The molecule has 1 aliphatic heterocycles. The highest BCUT2D eigenvalue weighted by atomic mass is 31.1. The molecule has 2 amide bonds. The van der Waals surface area contributed by atoms with Crippen LogP contribution in [0.25, 0.3) is 0 Å². The van der Waals surface area contributed by atoms with Gasteiger partial charge in [-0.25, -0.2) is 0 Å². The first-order valence-corrected chi connectivity index (χ1v) is 14.6. The van der Waals surface area contributed by atoms with Gasteiger partial charge in [0.15, 0.2) is 6.16 Å². The van der Waals surface area contributed by atoms with E-state index in [0.717, 1.165) is 12.8 Å². The maximum absolute atomic E-state index is 11.6. The second-order valence-corrected chi connectivity index (χ2v) is 12.0. The standard InChI is InChI=1S/C17H28N2O6.C5H11O2P.C4H10O2.CH2O2/c1-17(2,3)16(22)24-10-9-23-11-13-5-6-15(25-13)19(4)8-7-14(21)18-12-20;1-5(2,3)4-8(6)7;1-5-3-4-6-2;2-1-3/h7-8,12-13,15H,5-6,9-11H2,1-4H3,(H,18,20,21);4H2,1-3H3;3-4H2,1-2H3;1H,(H,2,3)/p+1/b8-7-;;;. The van der Waals surface area contributed by atoms with Gasteiger partial charge in [-0.15, -0.1) is 0 Å². The number of nitrogens with zero attached hydrogens (tertiary/aromatic N) is 1. The Bertz CT molecular complexity index is 778. The molecule has 0 saturated carbocycles. The van der Waals surface area contributed by atoms with Crippen molar-refractivity contribution in [2.24, 2.45) is 10.8 Å². The predicted octanol–water partition coefficient (Wildman–Crippen LogP) is 2.56. The van der Waals surface area contributed by atoms with Crippen LogP contribution in [-0.4, -0.2) is 112 Å². The lowest BCUT2D eigenvalue weighted by Gasteiger charge is -2.22. The number of ether oxygens (including phenoxy) is 5. The first kappa shape index (κ1) is 44.0. The van der Waals surface area contributed by atoms with Gasteiger partial charge in [-0.1, -0.05) is 20.8 Å².